The predicted molar refractivity (Wildman–Crippen MR) is 84.9 cm³/mol. The van der Waals surface area contributed by atoms with Crippen molar-refractivity contribution in [3.05, 3.63) is 29.3 Å². The van der Waals surface area contributed by atoms with Gasteiger partial charge < -0.3 is 14.8 Å². The van der Waals surface area contributed by atoms with Gasteiger partial charge in [0, 0.05) is 13.0 Å². The number of benzene rings is 1. The zero-order chi connectivity index (χ0) is 14.9. The molecule has 1 saturated heterocycles. The van der Waals surface area contributed by atoms with E-state index < -0.39 is 0 Å². The molecule has 116 valence electrons. The average molecular weight is 289 g/mol. The van der Waals surface area contributed by atoms with E-state index in [0.717, 1.165) is 38.2 Å². The molecule has 2 aliphatic rings. The summed E-state index contributed by atoms with van der Waals surface area (Å²) < 4.78 is 11.9. The molecule has 0 saturated carbocycles. The van der Waals surface area contributed by atoms with Crippen molar-refractivity contribution in [2.24, 2.45) is 0 Å². The zero-order valence-electron chi connectivity index (χ0n) is 13.4. The van der Waals surface area contributed by atoms with Crippen LogP contribution in [0, 0.1) is 0 Å². The lowest BCUT2D eigenvalue weighted by molar-refractivity contribution is 0.0783. The van der Waals surface area contributed by atoms with Gasteiger partial charge in [0.1, 0.15) is 11.4 Å². The Morgan fingerprint density at radius 1 is 1.38 bits per heavy atom. The number of ether oxygens (including phenoxy) is 2. The Labute approximate surface area is 128 Å². The van der Waals surface area contributed by atoms with E-state index in [-0.39, 0.29) is 5.60 Å². The SMILES string of the molecule is CCCNC(c1ccc2c(c1)CC(C)(C)O2)C1CCCO1. The van der Waals surface area contributed by atoms with Gasteiger partial charge in [-0.25, -0.2) is 0 Å². The molecule has 2 heterocycles. The molecular weight excluding hydrogens is 262 g/mol. The third kappa shape index (κ3) is 3.24. The van der Waals surface area contributed by atoms with E-state index in [9.17, 15) is 0 Å². The highest BCUT2D eigenvalue weighted by Crippen LogP contribution is 2.37. The molecule has 0 aliphatic carbocycles. The summed E-state index contributed by atoms with van der Waals surface area (Å²) >= 11 is 0. The van der Waals surface area contributed by atoms with Gasteiger partial charge in [-0.3, -0.25) is 0 Å². The van der Waals surface area contributed by atoms with Crippen LogP contribution in [-0.4, -0.2) is 24.9 Å². The van der Waals surface area contributed by atoms with E-state index in [1.165, 1.54) is 17.5 Å². The Kier molecular flexibility index (Phi) is 4.23. The molecule has 3 nitrogen and oxygen atoms in total. The summed E-state index contributed by atoms with van der Waals surface area (Å²) in [6, 6.07) is 6.96. The van der Waals surface area contributed by atoms with Gasteiger partial charge >= 0.3 is 0 Å². The fourth-order valence-electron chi connectivity index (χ4n) is 3.45. The van der Waals surface area contributed by atoms with Gasteiger partial charge in [-0.1, -0.05) is 19.1 Å². The van der Waals surface area contributed by atoms with Gasteiger partial charge in [-0.15, -0.1) is 0 Å². The van der Waals surface area contributed by atoms with Crippen molar-refractivity contribution in [2.75, 3.05) is 13.2 Å². The number of hydrogen-bond acceptors (Lipinski definition) is 3. The fraction of sp³-hybridized carbons (Fsp3) is 0.667. The van der Waals surface area contributed by atoms with Gasteiger partial charge in [0.25, 0.3) is 0 Å². The van der Waals surface area contributed by atoms with Crippen LogP contribution in [0.25, 0.3) is 0 Å². The fourth-order valence-corrected chi connectivity index (χ4v) is 3.45. The number of nitrogens with one attached hydrogen (secondary N) is 1. The van der Waals surface area contributed by atoms with Crippen molar-refractivity contribution in [2.45, 2.75) is 64.2 Å². The van der Waals surface area contributed by atoms with Crippen LogP contribution >= 0.6 is 0 Å². The molecule has 0 spiro atoms. The summed E-state index contributed by atoms with van der Waals surface area (Å²) in [4.78, 5) is 0. The second-order valence-corrected chi connectivity index (χ2v) is 6.89. The summed E-state index contributed by atoms with van der Waals surface area (Å²) in [5.41, 5.74) is 2.60. The van der Waals surface area contributed by atoms with Crippen LogP contribution in [0.5, 0.6) is 5.75 Å². The molecular formula is C18H27NO2. The molecule has 1 N–H and O–H groups in total. The van der Waals surface area contributed by atoms with Crippen LogP contribution in [0.4, 0.5) is 0 Å². The third-order valence-corrected chi connectivity index (χ3v) is 4.40. The number of hydrogen-bond donors (Lipinski definition) is 1. The first kappa shape index (κ1) is 14.9. The van der Waals surface area contributed by atoms with Crippen molar-refractivity contribution < 1.29 is 9.47 Å². The molecule has 2 atom stereocenters. The molecule has 3 rings (SSSR count). The van der Waals surface area contributed by atoms with Gasteiger partial charge in [-0.05, 0) is 56.8 Å². The minimum atomic E-state index is -0.0723. The summed E-state index contributed by atoms with van der Waals surface area (Å²) in [7, 11) is 0. The highest BCUT2D eigenvalue weighted by molar-refractivity contribution is 5.43. The Balaban J connectivity index is 1.83. The minimum absolute atomic E-state index is 0.0723. The zero-order valence-corrected chi connectivity index (χ0v) is 13.4. The van der Waals surface area contributed by atoms with Crippen LogP contribution in [0.2, 0.25) is 0 Å². The van der Waals surface area contributed by atoms with Crippen LogP contribution in [0.3, 0.4) is 0 Å². The second kappa shape index (κ2) is 5.98. The van der Waals surface area contributed by atoms with Crippen molar-refractivity contribution in [3.63, 3.8) is 0 Å². The van der Waals surface area contributed by atoms with E-state index in [4.69, 9.17) is 9.47 Å². The van der Waals surface area contributed by atoms with Crippen LogP contribution in [0.1, 0.15) is 57.2 Å². The first-order valence-electron chi connectivity index (χ1n) is 8.26. The molecule has 0 bridgehead atoms. The van der Waals surface area contributed by atoms with E-state index in [2.05, 4.69) is 44.3 Å². The van der Waals surface area contributed by atoms with Crippen LogP contribution in [-0.2, 0) is 11.2 Å². The summed E-state index contributed by atoms with van der Waals surface area (Å²) in [5.74, 6) is 1.05. The Hall–Kier alpha value is -1.06. The third-order valence-electron chi connectivity index (χ3n) is 4.40. The Bertz CT molecular complexity index is 492. The molecule has 1 fully saturated rings. The van der Waals surface area contributed by atoms with E-state index in [1.54, 1.807) is 0 Å². The topological polar surface area (TPSA) is 30.5 Å². The van der Waals surface area contributed by atoms with Gasteiger partial charge in [-0.2, -0.15) is 0 Å². The normalized spacial score (nSPS) is 24.6. The monoisotopic (exact) mass is 289 g/mol. The lowest BCUT2D eigenvalue weighted by Gasteiger charge is -2.25. The maximum atomic E-state index is 5.98. The number of fused-ring (bicyclic) bond motifs is 1. The standard InChI is InChI=1S/C18H27NO2/c1-4-9-19-17(16-6-5-10-20-16)13-7-8-15-14(11-13)12-18(2,3)21-15/h7-8,11,16-17,19H,4-6,9-10,12H2,1-3H3. The van der Waals surface area contributed by atoms with E-state index in [1.807, 2.05) is 0 Å². The minimum Gasteiger partial charge on any atom is -0.487 e. The molecule has 1 aromatic rings. The Morgan fingerprint density at radius 3 is 2.95 bits per heavy atom. The molecule has 2 unspecified atom stereocenters. The average Bonchev–Trinajstić information content (AvgIpc) is 3.04. The molecule has 21 heavy (non-hydrogen) atoms. The van der Waals surface area contributed by atoms with Crippen molar-refractivity contribution in [1.82, 2.24) is 5.32 Å². The maximum Gasteiger partial charge on any atom is 0.123 e. The molecule has 0 radical (unpaired) electrons. The van der Waals surface area contributed by atoms with Gasteiger partial charge in [0.15, 0.2) is 0 Å². The molecule has 0 amide bonds. The maximum absolute atomic E-state index is 5.98. The quantitative estimate of drug-likeness (QED) is 0.898. The highest BCUT2D eigenvalue weighted by atomic mass is 16.5. The molecule has 2 aliphatic heterocycles. The lowest BCUT2D eigenvalue weighted by atomic mass is 9.94. The predicted octanol–water partition coefficient (Wildman–Crippen LogP) is 3.62. The number of rotatable bonds is 5. The highest BCUT2D eigenvalue weighted by Gasteiger charge is 2.32. The van der Waals surface area contributed by atoms with Crippen molar-refractivity contribution in [1.29, 1.82) is 0 Å². The van der Waals surface area contributed by atoms with Gasteiger partial charge in [0.2, 0.25) is 0 Å². The second-order valence-electron chi connectivity index (χ2n) is 6.89. The van der Waals surface area contributed by atoms with E-state index >= 15 is 0 Å². The summed E-state index contributed by atoms with van der Waals surface area (Å²) in [5, 5.41) is 3.67. The molecule has 0 aromatic heterocycles. The summed E-state index contributed by atoms with van der Waals surface area (Å²) in [6.45, 7) is 8.44. The van der Waals surface area contributed by atoms with Crippen LogP contribution in [0.15, 0.2) is 18.2 Å². The smallest absolute Gasteiger partial charge is 0.123 e. The Morgan fingerprint density at radius 2 is 2.24 bits per heavy atom. The van der Waals surface area contributed by atoms with Gasteiger partial charge in [0.05, 0.1) is 12.1 Å². The molecule has 1 aromatic carbocycles. The van der Waals surface area contributed by atoms with Crippen LogP contribution < -0.4 is 10.1 Å². The first-order valence-corrected chi connectivity index (χ1v) is 8.26. The molecule has 3 heteroatoms. The lowest BCUT2D eigenvalue weighted by Crippen LogP contribution is -2.32. The largest absolute Gasteiger partial charge is 0.487 e. The summed E-state index contributed by atoms with van der Waals surface area (Å²) in [6.07, 6.45) is 4.77. The van der Waals surface area contributed by atoms with Crippen molar-refractivity contribution in [3.8, 4) is 5.75 Å². The van der Waals surface area contributed by atoms with E-state index in [0.29, 0.717) is 12.1 Å². The first-order chi connectivity index (χ1) is 10.1. The van der Waals surface area contributed by atoms with Crippen molar-refractivity contribution >= 4 is 0 Å².